The zero-order valence-electron chi connectivity index (χ0n) is 12.6. The van der Waals surface area contributed by atoms with E-state index >= 15 is 0 Å². The molecule has 0 aromatic heterocycles. The number of rotatable bonds is 4. The fraction of sp³-hybridized carbons (Fsp3) is 0.588. The van der Waals surface area contributed by atoms with Crippen LogP contribution in [0.25, 0.3) is 0 Å². The molecule has 1 amide bonds. The Morgan fingerprint density at radius 1 is 1.18 bits per heavy atom. The summed E-state index contributed by atoms with van der Waals surface area (Å²) in [6.07, 6.45) is 3.30. The molecular weight excluding hydrogens is 280 g/mol. The molecule has 0 spiro atoms. The van der Waals surface area contributed by atoms with Crippen LogP contribution in [-0.4, -0.2) is 32.2 Å². The monoisotopic (exact) mass is 302 g/mol. The summed E-state index contributed by atoms with van der Waals surface area (Å²) in [7, 11) is 0. The van der Waals surface area contributed by atoms with E-state index in [1.54, 1.807) is 0 Å². The average Bonchev–Trinajstić information content (AvgIpc) is 3.24. The van der Waals surface area contributed by atoms with Crippen LogP contribution in [0.4, 0.5) is 0 Å². The second kappa shape index (κ2) is 5.80. The minimum atomic E-state index is 0.101. The van der Waals surface area contributed by atoms with Crippen molar-refractivity contribution in [1.82, 2.24) is 10.6 Å². The van der Waals surface area contributed by atoms with E-state index in [4.69, 9.17) is 9.47 Å². The van der Waals surface area contributed by atoms with Gasteiger partial charge in [0.15, 0.2) is 11.5 Å². The first-order valence-electron chi connectivity index (χ1n) is 8.22. The molecule has 4 rings (SSSR count). The quantitative estimate of drug-likeness (QED) is 0.887. The SMILES string of the molecule is O=C(NC(c1ccc2c(c1)OCCO2)C1CC1)C1CCNC1. The van der Waals surface area contributed by atoms with Crippen LogP contribution in [0.3, 0.4) is 0 Å². The van der Waals surface area contributed by atoms with E-state index in [9.17, 15) is 4.79 Å². The van der Waals surface area contributed by atoms with Crippen molar-refractivity contribution in [2.24, 2.45) is 11.8 Å². The first kappa shape index (κ1) is 13.9. The van der Waals surface area contributed by atoms with Gasteiger partial charge in [-0.05, 0) is 49.4 Å². The van der Waals surface area contributed by atoms with Crippen molar-refractivity contribution >= 4 is 5.91 Å². The van der Waals surface area contributed by atoms with Crippen molar-refractivity contribution in [3.63, 3.8) is 0 Å². The van der Waals surface area contributed by atoms with Crippen molar-refractivity contribution in [3.05, 3.63) is 23.8 Å². The topological polar surface area (TPSA) is 59.6 Å². The number of benzene rings is 1. The number of carbonyl (C=O) groups is 1. The number of ether oxygens (including phenoxy) is 2. The summed E-state index contributed by atoms with van der Waals surface area (Å²) in [5, 5.41) is 6.52. The minimum absolute atomic E-state index is 0.101. The van der Waals surface area contributed by atoms with Gasteiger partial charge in [-0.15, -0.1) is 0 Å². The largest absolute Gasteiger partial charge is 0.486 e. The Hall–Kier alpha value is -1.75. The predicted octanol–water partition coefficient (Wildman–Crippen LogP) is 1.63. The van der Waals surface area contributed by atoms with E-state index < -0.39 is 0 Å². The smallest absolute Gasteiger partial charge is 0.224 e. The van der Waals surface area contributed by atoms with Crippen LogP contribution in [0, 0.1) is 11.8 Å². The molecule has 118 valence electrons. The maximum atomic E-state index is 12.4. The molecule has 0 radical (unpaired) electrons. The average molecular weight is 302 g/mol. The summed E-state index contributed by atoms with van der Waals surface area (Å²) in [6.45, 7) is 2.93. The summed E-state index contributed by atoms with van der Waals surface area (Å²) in [5.41, 5.74) is 1.13. The first-order valence-corrected chi connectivity index (χ1v) is 8.22. The molecule has 5 nitrogen and oxygen atoms in total. The Morgan fingerprint density at radius 2 is 2.00 bits per heavy atom. The molecule has 0 bridgehead atoms. The van der Waals surface area contributed by atoms with E-state index in [-0.39, 0.29) is 17.9 Å². The van der Waals surface area contributed by atoms with Gasteiger partial charge in [-0.3, -0.25) is 4.79 Å². The van der Waals surface area contributed by atoms with Crippen LogP contribution >= 0.6 is 0 Å². The summed E-state index contributed by atoms with van der Waals surface area (Å²) in [5.74, 6) is 2.44. The number of amides is 1. The number of hydrogen-bond acceptors (Lipinski definition) is 4. The van der Waals surface area contributed by atoms with Gasteiger partial charge < -0.3 is 20.1 Å². The van der Waals surface area contributed by atoms with Gasteiger partial charge in [0.25, 0.3) is 0 Å². The lowest BCUT2D eigenvalue weighted by atomic mass is 9.99. The molecule has 2 aliphatic heterocycles. The van der Waals surface area contributed by atoms with Gasteiger partial charge >= 0.3 is 0 Å². The lowest BCUT2D eigenvalue weighted by Crippen LogP contribution is -2.36. The van der Waals surface area contributed by atoms with Gasteiger partial charge in [-0.25, -0.2) is 0 Å². The highest BCUT2D eigenvalue weighted by Gasteiger charge is 2.35. The van der Waals surface area contributed by atoms with Crippen molar-refractivity contribution in [2.75, 3.05) is 26.3 Å². The van der Waals surface area contributed by atoms with E-state index in [2.05, 4.69) is 16.7 Å². The van der Waals surface area contributed by atoms with Crippen LogP contribution in [0.15, 0.2) is 18.2 Å². The Balaban J connectivity index is 1.52. The summed E-state index contributed by atoms with van der Waals surface area (Å²) in [6, 6.07) is 6.15. The molecule has 2 heterocycles. The Bertz CT molecular complexity index is 565. The number of fused-ring (bicyclic) bond motifs is 1. The summed E-state index contributed by atoms with van der Waals surface area (Å²) >= 11 is 0. The predicted molar refractivity (Wildman–Crippen MR) is 82.0 cm³/mol. The van der Waals surface area contributed by atoms with Gasteiger partial charge in [0.05, 0.1) is 12.0 Å². The second-order valence-electron chi connectivity index (χ2n) is 6.42. The Labute approximate surface area is 130 Å². The standard InChI is InChI=1S/C17H22N2O3/c20-17(13-5-6-18-10-13)19-16(11-1-2-11)12-3-4-14-15(9-12)22-8-7-21-14/h3-4,9,11,13,16,18H,1-2,5-8,10H2,(H,19,20). The zero-order valence-corrected chi connectivity index (χ0v) is 12.6. The van der Waals surface area contributed by atoms with Crippen LogP contribution in [0.1, 0.15) is 30.9 Å². The molecule has 22 heavy (non-hydrogen) atoms. The fourth-order valence-electron chi connectivity index (χ4n) is 3.31. The van der Waals surface area contributed by atoms with Gasteiger partial charge in [0.1, 0.15) is 13.2 Å². The molecule has 1 saturated heterocycles. The fourth-order valence-corrected chi connectivity index (χ4v) is 3.31. The van der Waals surface area contributed by atoms with Gasteiger partial charge in [0, 0.05) is 6.54 Å². The highest BCUT2D eigenvalue weighted by Crippen LogP contribution is 2.43. The zero-order chi connectivity index (χ0) is 14.9. The third kappa shape index (κ3) is 2.77. The lowest BCUT2D eigenvalue weighted by molar-refractivity contribution is -0.125. The Morgan fingerprint density at radius 3 is 2.73 bits per heavy atom. The van der Waals surface area contributed by atoms with Crippen molar-refractivity contribution in [2.45, 2.75) is 25.3 Å². The minimum Gasteiger partial charge on any atom is -0.486 e. The van der Waals surface area contributed by atoms with Crippen molar-refractivity contribution in [3.8, 4) is 11.5 Å². The summed E-state index contributed by atoms with van der Waals surface area (Å²) in [4.78, 5) is 12.4. The molecule has 2 unspecified atom stereocenters. The molecule has 2 fully saturated rings. The first-order chi connectivity index (χ1) is 10.8. The maximum Gasteiger partial charge on any atom is 0.224 e. The molecule has 1 aromatic carbocycles. The maximum absolute atomic E-state index is 12.4. The normalized spacial score (nSPS) is 24.8. The molecule has 2 N–H and O–H groups in total. The molecule has 3 aliphatic rings. The second-order valence-corrected chi connectivity index (χ2v) is 6.42. The van der Waals surface area contributed by atoms with Crippen molar-refractivity contribution in [1.29, 1.82) is 0 Å². The van der Waals surface area contributed by atoms with E-state index in [0.717, 1.165) is 36.6 Å². The highest BCUT2D eigenvalue weighted by atomic mass is 16.6. The number of hydrogen-bond donors (Lipinski definition) is 2. The van der Waals surface area contributed by atoms with Crippen LogP contribution in [0.2, 0.25) is 0 Å². The lowest BCUT2D eigenvalue weighted by Gasteiger charge is -2.24. The number of carbonyl (C=O) groups excluding carboxylic acids is 1. The third-order valence-electron chi connectivity index (χ3n) is 4.75. The summed E-state index contributed by atoms with van der Waals surface area (Å²) < 4.78 is 11.2. The highest BCUT2D eigenvalue weighted by molar-refractivity contribution is 5.79. The molecule has 1 aliphatic carbocycles. The van der Waals surface area contributed by atoms with E-state index in [1.807, 2.05) is 12.1 Å². The molecule has 2 atom stereocenters. The van der Waals surface area contributed by atoms with Crippen LogP contribution in [0.5, 0.6) is 11.5 Å². The van der Waals surface area contributed by atoms with E-state index in [1.165, 1.54) is 12.8 Å². The molecule has 1 saturated carbocycles. The molecule has 1 aromatic rings. The molecule has 5 heteroatoms. The third-order valence-corrected chi connectivity index (χ3v) is 4.75. The van der Waals surface area contributed by atoms with Crippen LogP contribution < -0.4 is 20.1 Å². The van der Waals surface area contributed by atoms with Crippen molar-refractivity contribution < 1.29 is 14.3 Å². The Kier molecular flexibility index (Phi) is 3.66. The van der Waals surface area contributed by atoms with Gasteiger partial charge in [-0.2, -0.15) is 0 Å². The van der Waals surface area contributed by atoms with E-state index in [0.29, 0.717) is 19.1 Å². The van der Waals surface area contributed by atoms with Gasteiger partial charge in [-0.1, -0.05) is 6.07 Å². The van der Waals surface area contributed by atoms with Crippen LogP contribution in [-0.2, 0) is 4.79 Å². The molecular formula is C17H22N2O3. The van der Waals surface area contributed by atoms with Gasteiger partial charge in [0.2, 0.25) is 5.91 Å². The number of nitrogens with one attached hydrogen (secondary N) is 2.